The zero-order chi connectivity index (χ0) is 27.5. The number of aliphatic carboxylic acids is 2. The second kappa shape index (κ2) is 14.1. The third-order valence-corrected chi connectivity index (χ3v) is 6.49. The van der Waals surface area contributed by atoms with Crippen molar-refractivity contribution in [2.24, 2.45) is 10.8 Å². The molecular formula is C29H37BrO6. The van der Waals surface area contributed by atoms with Crippen molar-refractivity contribution in [1.29, 1.82) is 0 Å². The van der Waals surface area contributed by atoms with E-state index in [0.717, 1.165) is 27.6 Å². The van der Waals surface area contributed by atoms with E-state index >= 15 is 0 Å². The van der Waals surface area contributed by atoms with E-state index in [9.17, 15) is 24.3 Å². The van der Waals surface area contributed by atoms with Crippen molar-refractivity contribution >= 4 is 39.4 Å². The molecule has 2 aromatic carbocycles. The molecule has 2 rings (SSSR count). The van der Waals surface area contributed by atoms with Crippen molar-refractivity contribution in [2.75, 3.05) is 0 Å². The number of benzene rings is 2. The van der Waals surface area contributed by atoms with Crippen LogP contribution >= 0.6 is 15.9 Å². The van der Waals surface area contributed by atoms with Crippen LogP contribution in [0.2, 0.25) is 0 Å². The standard InChI is InChI=1S/C15H19BrO3.C14H18O3/c1-3-8-15(2,14(18)19)10-13(17)9-11-4-6-12(16)7-5-11;1-10-4-6-11(7-5-10)8-12(15)9-14(2,3)13(16)17/h4-7H,3,8-10H2,1-2H3,(H,18,19);4-7H,8-9H2,1-3H3,(H,16,17). The van der Waals surface area contributed by atoms with Crippen molar-refractivity contribution in [3.05, 3.63) is 69.7 Å². The molecule has 2 aromatic rings. The number of carbonyl (C=O) groups is 4. The SMILES string of the molecule is CCCC(C)(CC(=O)Cc1ccc(Br)cc1)C(=O)O.Cc1ccc(CC(=O)CC(C)(C)C(=O)O)cc1. The van der Waals surface area contributed by atoms with Gasteiger partial charge in [-0.3, -0.25) is 19.2 Å². The highest BCUT2D eigenvalue weighted by molar-refractivity contribution is 9.10. The normalized spacial score (nSPS) is 12.6. The van der Waals surface area contributed by atoms with Crippen molar-refractivity contribution in [1.82, 2.24) is 0 Å². The van der Waals surface area contributed by atoms with Crippen LogP contribution in [-0.4, -0.2) is 33.7 Å². The van der Waals surface area contributed by atoms with Crippen LogP contribution in [0.1, 0.15) is 70.1 Å². The summed E-state index contributed by atoms with van der Waals surface area (Å²) in [6.07, 6.45) is 2.03. The molecular weight excluding hydrogens is 524 g/mol. The maximum absolute atomic E-state index is 12.0. The summed E-state index contributed by atoms with van der Waals surface area (Å²) in [5, 5.41) is 18.2. The van der Waals surface area contributed by atoms with Gasteiger partial charge in [0, 0.05) is 30.2 Å². The molecule has 0 saturated heterocycles. The fourth-order valence-corrected chi connectivity index (χ4v) is 3.98. The third kappa shape index (κ3) is 10.9. The van der Waals surface area contributed by atoms with E-state index in [1.54, 1.807) is 20.8 Å². The van der Waals surface area contributed by atoms with Gasteiger partial charge in [0.05, 0.1) is 10.8 Å². The molecule has 0 aromatic heterocycles. The highest BCUT2D eigenvalue weighted by atomic mass is 79.9. The van der Waals surface area contributed by atoms with Crippen molar-refractivity contribution in [2.45, 2.75) is 73.1 Å². The van der Waals surface area contributed by atoms with Gasteiger partial charge in [-0.2, -0.15) is 0 Å². The molecule has 0 aliphatic carbocycles. The predicted molar refractivity (Wildman–Crippen MR) is 144 cm³/mol. The second-order valence-electron chi connectivity index (χ2n) is 10.2. The molecule has 0 amide bonds. The molecule has 36 heavy (non-hydrogen) atoms. The molecule has 6 nitrogen and oxygen atoms in total. The molecule has 0 heterocycles. The summed E-state index contributed by atoms with van der Waals surface area (Å²) >= 11 is 3.34. The van der Waals surface area contributed by atoms with Gasteiger partial charge in [-0.05, 0) is 57.4 Å². The van der Waals surface area contributed by atoms with Crippen molar-refractivity contribution in [3.8, 4) is 0 Å². The van der Waals surface area contributed by atoms with Gasteiger partial charge in [0.2, 0.25) is 0 Å². The van der Waals surface area contributed by atoms with Gasteiger partial charge in [-0.15, -0.1) is 0 Å². The molecule has 1 atom stereocenters. The van der Waals surface area contributed by atoms with Gasteiger partial charge in [0.15, 0.2) is 0 Å². The zero-order valence-corrected chi connectivity index (χ0v) is 23.4. The summed E-state index contributed by atoms with van der Waals surface area (Å²) in [5.41, 5.74) is 1.06. The highest BCUT2D eigenvalue weighted by Gasteiger charge is 2.34. The molecule has 2 N–H and O–H groups in total. The maximum atomic E-state index is 12.0. The van der Waals surface area contributed by atoms with Gasteiger partial charge < -0.3 is 10.2 Å². The van der Waals surface area contributed by atoms with E-state index in [0.29, 0.717) is 19.3 Å². The Bertz CT molecular complexity index is 1040. The van der Waals surface area contributed by atoms with Crippen LogP contribution in [0.3, 0.4) is 0 Å². The Morgan fingerprint density at radius 1 is 0.750 bits per heavy atom. The van der Waals surface area contributed by atoms with Crippen LogP contribution in [-0.2, 0) is 32.0 Å². The lowest BCUT2D eigenvalue weighted by molar-refractivity contribution is -0.151. The number of aryl methyl sites for hydroxylation is 1. The number of hydrogen-bond acceptors (Lipinski definition) is 4. The fourth-order valence-electron chi connectivity index (χ4n) is 3.71. The maximum Gasteiger partial charge on any atom is 0.309 e. The molecule has 0 bridgehead atoms. The first-order valence-electron chi connectivity index (χ1n) is 12.0. The molecule has 0 radical (unpaired) electrons. The molecule has 196 valence electrons. The van der Waals surface area contributed by atoms with E-state index in [1.807, 2.05) is 62.4 Å². The average molecular weight is 562 g/mol. The number of ketones is 2. The van der Waals surface area contributed by atoms with Gasteiger partial charge in [0.25, 0.3) is 0 Å². The predicted octanol–water partition coefficient (Wildman–Crippen LogP) is 6.45. The summed E-state index contributed by atoms with van der Waals surface area (Å²) in [6, 6.07) is 15.2. The van der Waals surface area contributed by atoms with E-state index in [4.69, 9.17) is 5.11 Å². The van der Waals surface area contributed by atoms with Crippen LogP contribution in [0, 0.1) is 17.8 Å². The number of hydrogen-bond donors (Lipinski definition) is 2. The minimum absolute atomic E-state index is 0.0272. The average Bonchev–Trinajstić information content (AvgIpc) is 2.77. The van der Waals surface area contributed by atoms with Crippen LogP contribution in [0.4, 0.5) is 0 Å². The molecule has 7 heteroatoms. The Morgan fingerprint density at radius 2 is 1.19 bits per heavy atom. The van der Waals surface area contributed by atoms with Crippen LogP contribution < -0.4 is 0 Å². The molecule has 0 spiro atoms. The molecule has 1 unspecified atom stereocenters. The minimum atomic E-state index is -0.984. The number of carboxylic acid groups (broad SMARTS) is 2. The van der Waals surface area contributed by atoms with Crippen LogP contribution in [0.5, 0.6) is 0 Å². The fraction of sp³-hybridized carbons (Fsp3) is 0.448. The third-order valence-electron chi connectivity index (χ3n) is 5.96. The van der Waals surface area contributed by atoms with E-state index < -0.39 is 22.8 Å². The zero-order valence-electron chi connectivity index (χ0n) is 21.8. The quantitative estimate of drug-likeness (QED) is 0.308. The lowest BCUT2D eigenvalue weighted by Crippen LogP contribution is -2.30. The molecule has 0 aliphatic rings. The van der Waals surface area contributed by atoms with Crippen molar-refractivity contribution in [3.63, 3.8) is 0 Å². The van der Waals surface area contributed by atoms with Crippen molar-refractivity contribution < 1.29 is 29.4 Å². The second-order valence-corrected chi connectivity index (χ2v) is 11.1. The first-order chi connectivity index (χ1) is 16.7. The number of halogens is 1. The van der Waals surface area contributed by atoms with Gasteiger partial charge in [-0.25, -0.2) is 0 Å². The number of carboxylic acids is 2. The molecule has 0 fully saturated rings. The largest absolute Gasteiger partial charge is 0.481 e. The van der Waals surface area contributed by atoms with E-state index in [-0.39, 0.29) is 24.4 Å². The number of carbonyl (C=O) groups excluding carboxylic acids is 2. The number of Topliss-reactive ketones (excluding diaryl/α,β-unsaturated/α-hetero) is 2. The Kier molecular flexibility index (Phi) is 12.2. The summed E-state index contributed by atoms with van der Waals surface area (Å²) in [6.45, 7) is 8.71. The van der Waals surface area contributed by atoms with Gasteiger partial charge >= 0.3 is 11.9 Å². The highest BCUT2D eigenvalue weighted by Crippen LogP contribution is 2.29. The smallest absolute Gasteiger partial charge is 0.309 e. The summed E-state index contributed by atoms with van der Waals surface area (Å²) in [5.74, 6) is -1.89. The minimum Gasteiger partial charge on any atom is -0.481 e. The summed E-state index contributed by atoms with van der Waals surface area (Å²) < 4.78 is 0.963. The Labute approximate surface area is 222 Å². The first kappa shape index (κ1) is 31.2. The monoisotopic (exact) mass is 560 g/mol. The topological polar surface area (TPSA) is 109 Å². The Balaban J connectivity index is 0.000000362. The number of rotatable bonds is 12. The Morgan fingerprint density at radius 3 is 1.61 bits per heavy atom. The lowest BCUT2D eigenvalue weighted by atomic mass is 9.80. The van der Waals surface area contributed by atoms with E-state index in [1.165, 1.54) is 0 Å². The first-order valence-corrected chi connectivity index (χ1v) is 12.8. The van der Waals surface area contributed by atoms with Gasteiger partial charge in [0.1, 0.15) is 11.6 Å². The molecule has 0 saturated carbocycles. The summed E-state index contributed by atoms with van der Waals surface area (Å²) in [4.78, 5) is 46.0. The lowest BCUT2D eigenvalue weighted by Gasteiger charge is -2.23. The van der Waals surface area contributed by atoms with Crippen LogP contribution in [0.15, 0.2) is 53.0 Å². The summed E-state index contributed by atoms with van der Waals surface area (Å²) in [7, 11) is 0. The van der Waals surface area contributed by atoms with Gasteiger partial charge in [-0.1, -0.05) is 71.2 Å². The van der Waals surface area contributed by atoms with Crippen LogP contribution in [0.25, 0.3) is 0 Å². The Hall–Kier alpha value is -2.80. The van der Waals surface area contributed by atoms with E-state index in [2.05, 4.69) is 15.9 Å². The molecule has 0 aliphatic heterocycles.